The minimum atomic E-state index is 0.0991. The Balaban J connectivity index is 1.40. The second kappa shape index (κ2) is 6.85. The Kier molecular flexibility index (Phi) is 4.18. The number of rotatable bonds is 3. The largest absolute Gasteiger partial charge is 0.354 e. The third-order valence-corrected chi connectivity index (χ3v) is 5.73. The van der Waals surface area contributed by atoms with Gasteiger partial charge in [0.25, 0.3) is 5.91 Å². The lowest BCUT2D eigenvalue weighted by Crippen LogP contribution is -2.27. The van der Waals surface area contributed by atoms with Crippen molar-refractivity contribution in [1.82, 2.24) is 29.7 Å². The van der Waals surface area contributed by atoms with Crippen molar-refractivity contribution in [2.24, 2.45) is 0 Å². The molecule has 0 radical (unpaired) electrons. The van der Waals surface area contributed by atoms with Crippen molar-refractivity contribution in [3.8, 4) is 0 Å². The third-order valence-electron chi connectivity index (χ3n) is 5.73. The molecule has 5 rings (SSSR count). The van der Waals surface area contributed by atoms with Gasteiger partial charge in [0.1, 0.15) is 5.82 Å². The summed E-state index contributed by atoms with van der Waals surface area (Å²) in [7, 11) is 0. The Morgan fingerprint density at radius 1 is 1.00 bits per heavy atom. The number of anilines is 1. The van der Waals surface area contributed by atoms with E-state index in [0.717, 1.165) is 68.4 Å². The first-order valence-corrected chi connectivity index (χ1v) is 9.88. The molecule has 8 heteroatoms. The summed E-state index contributed by atoms with van der Waals surface area (Å²) in [5.74, 6) is 2.15. The lowest BCUT2D eigenvalue weighted by Gasteiger charge is -2.17. The standard InChI is InChI=1S/C20H23N7O/c1-14-4-6-17(22-21-14)26-11-8-15(12-26)19-24-23-18-7-5-16(13-27(18)19)20(28)25-9-2-3-10-25/h4-7,13,15H,2-3,8-12H2,1H3/t15-/m0/s1. The number of hydrogen-bond acceptors (Lipinski definition) is 6. The maximum Gasteiger partial charge on any atom is 0.255 e. The molecule has 3 aromatic heterocycles. The van der Waals surface area contributed by atoms with Crippen LogP contribution in [-0.2, 0) is 0 Å². The van der Waals surface area contributed by atoms with Crippen molar-refractivity contribution in [2.45, 2.75) is 32.1 Å². The Hall–Kier alpha value is -3.03. The van der Waals surface area contributed by atoms with Crippen LogP contribution in [0.4, 0.5) is 5.82 Å². The minimum absolute atomic E-state index is 0.0991. The van der Waals surface area contributed by atoms with Gasteiger partial charge in [0, 0.05) is 38.3 Å². The van der Waals surface area contributed by atoms with Crippen LogP contribution in [0.1, 0.15) is 47.1 Å². The second-order valence-corrected chi connectivity index (χ2v) is 7.67. The molecule has 2 aliphatic heterocycles. The quantitative estimate of drug-likeness (QED) is 0.695. The van der Waals surface area contributed by atoms with Crippen LogP contribution >= 0.6 is 0 Å². The zero-order valence-corrected chi connectivity index (χ0v) is 16.0. The first-order chi connectivity index (χ1) is 13.7. The van der Waals surface area contributed by atoms with Crippen LogP contribution in [0.5, 0.6) is 0 Å². The molecule has 0 aliphatic carbocycles. The lowest BCUT2D eigenvalue weighted by molar-refractivity contribution is 0.0792. The molecular weight excluding hydrogens is 354 g/mol. The van der Waals surface area contributed by atoms with Gasteiger partial charge in [0.05, 0.1) is 11.3 Å². The normalized spacial score (nSPS) is 19.7. The average molecular weight is 377 g/mol. The zero-order chi connectivity index (χ0) is 19.1. The number of likely N-dealkylation sites (tertiary alicyclic amines) is 1. The summed E-state index contributed by atoms with van der Waals surface area (Å²) < 4.78 is 1.98. The van der Waals surface area contributed by atoms with Crippen molar-refractivity contribution >= 4 is 17.4 Å². The van der Waals surface area contributed by atoms with Gasteiger partial charge >= 0.3 is 0 Å². The minimum Gasteiger partial charge on any atom is -0.354 e. The second-order valence-electron chi connectivity index (χ2n) is 7.67. The van der Waals surface area contributed by atoms with Crippen LogP contribution in [0.15, 0.2) is 30.5 Å². The number of hydrogen-bond donors (Lipinski definition) is 0. The number of carbonyl (C=O) groups is 1. The lowest BCUT2D eigenvalue weighted by atomic mass is 10.1. The molecule has 3 aromatic rings. The van der Waals surface area contributed by atoms with Crippen LogP contribution in [0.2, 0.25) is 0 Å². The molecule has 1 atom stereocenters. The molecule has 144 valence electrons. The molecule has 8 nitrogen and oxygen atoms in total. The van der Waals surface area contributed by atoms with E-state index in [9.17, 15) is 4.79 Å². The highest BCUT2D eigenvalue weighted by Gasteiger charge is 2.29. The number of fused-ring (bicyclic) bond motifs is 1. The molecule has 5 heterocycles. The molecule has 28 heavy (non-hydrogen) atoms. The number of carbonyl (C=O) groups excluding carboxylic acids is 1. The topological polar surface area (TPSA) is 79.5 Å². The molecule has 2 fully saturated rings. The maximum absolute atomic E-state index is 12.8. The molecule has 1 amide bonds. The third kappa shape index (κ3) is 2.98. The summed E-state index contributed by atoms with van der Waals surface area (Å²) in [4.78, 5) is 16.9. The number of aromatic nitrogens is 5. The van der Waals surface area contributed by atoms with Gasteiger partial charge in [0.15, 0.2) is 11.5 Å². The van der Waals surface area contributed by atoms with Crippen molar-refractivity contribution in [1.29, 1.82) is 0 Å². The molecule has 0 bridgehead atoms. The number of aryl methyl sites for hydroxylation is 1. The van der Waals surface area contributed by atoms with E-state index in [1.165, 1.54) is 0 Å². The van der Waals surface area contributed by atoms with Gasteiger partial charge in [-0.15, -0.1) is 15.3 Å². The van der Waals surface area contributed by atoms with E-state index in [1.807, 2.05) is 46.7 Å². The predicted octanol–water partition coefficient (Wildman–Crippen LogP) is 2.06. The van der Waals surface area contributed by atoms with E-state index >= 15 is 0 Å². The van der Waals surface area contributed by atoms with Crippen LogP contribution < -0.4 is 4.90 Å². The van der Waals surface area contributed by atoms with Gasteiger partial charge in [-0.25, -0.2) is 0 Å². The number of pyridine rings is 1. The van der Waals surface area contributed by atoms with Crippen molar-refractivity contribution in [2.75, 3.05) is 31.1 Å². The Bertz CT molecular complexity index is 1010. The summed E-state index contributed by atoms with van der Waals surface area (Å²) in [6.45, 7) is 5.36. The highest BCUT2D eigenvalue weighted by Crippen LogP contribution is 2.29. The fourth-order valence-corrected chi connectivity index (χ4v) is 4.16. The summed E-state index contributed by atoms with van der Waals surface area (Å²) in [6, 6.07) is 7.74. The first-order valence-electron chi connectivity index (χ1n) is 9.88. The smallest absolute Gasteiger partial charge is 0.255 e. The zero-order valence-electron chi connectivity index (χ0n) is 16.0. The van der Waals surface area contributed by atoms with Crippen molar-refractivity contribution < 1.29 is 4.79 Å². The molecule has 0 unspecified atom stereocenters. The van der Waals surface area contributed by atoms with Crippen LogP contribution in [0.3, 0.4) is 0 Å². The van der Waals surface area contributed by atoms with E-state index in [4.69, 9.17) is 0 Å². The summed E-state index contributed by atoms with van der Waals surface area (Å²) >= 11 is 0. The predicted molar refractivity (Wildman–Crippen MR) is 104 cm³/mol. The fourth-order valence-electron chi connectivity index (χ4n) is 4.16. The van der Waals surface area contributed by atoms with Crippen LogP contribution in [-0.4, -0.2) is 61.8 Å². The van der Waals surface area contributed by atoms with Gasteiger partial charge in [-0.1, -0.05) is 0 Å². The molecule has 2 aliphatic rings. The monoisotopic (exact) mass is 377 g/mol. The van der Waals surface area contributed by atoms with E-state index in [2.05, 4.69) is 25.3 Å². The molecule has 2 saturated heterocycles. The number of amides is 1. The van der Waals surface area contributed by atoms with Crippen LogP contribution in [0, 0.1) is 6.92 Å². The van der Waals surface area contributed by atoms with E-state index < -0.39 is 0 Å². The fraction of sp³-hybridized carbons (Fsp3) is 0.450. The van der Waals surface area contributed by atoms with Gasteiger partial charge < -0.3 is 9.80 Å². The van der Waals surface area contributed by atoms with E-state index in [0.29, 0.717) is 5.56 Å². The van der Waals surface area contributed by atoms with Gasteiger partial charge in [0.2, 0.25) is 0 Å². The number of nitrogens with zero attached hydrogens (tertiary/aromatic N) is 7. The summed E-state index contributed by atoms with van der Waals surface area (Å²) in [6.07, 6.45) is 5.05. The molecular formula is C20H23N7O. The molecule has 0 saturated carbocycles. The average Bonchev–Trinajstić information content (AvgIpc) is 3.47. The van der Waals surface area contributed by atoms with Crippen molar-refractivity contribution in [3.63, 3.8) is 0 Å². The van der Waals surface area contributed by atoms with E-state index in [1.54, 1.807) is 0 Å². The van der Waals surface area contributed by atoms with E-state index in [-0.39, 0.29) is 11.8 Å². The summed E-state index contributed by atoms with van der Waals surface area (Å²) in [5.41, 5.74) is 2.40. The SMILES string of the molecule is Cc1ccc(N2CC[C@H](c3nnc4ccc(C(=O)N5CCCC5)cn34)C2)nn1. The maximum atomic E-state index is 12.8. The highest BCUT2D eigenvalue weighted by atomic mass is 16.2. The molecule has 0 spiro atoms. The molecule has 0 N–H and O–H groups in total. The Morgan fingerprint density at radius 3 is 2.64 bits per heavy atom. The van der Waals surface area contributed by atoms with Gasteiger partial charge in [-0.2, -0.15) is 5.10 Å². The van der Waals surface area contributed by atoms with Crippen LogP contribution in [0.25, 0.3) is 5.65 Å². The Morgan fingerprint density at radius 2 is 1.86 bits per heavy atom. The molecule has 0 aromatic carbocycles. The highest BCUT2D eigenvalue weighted by molar-refractivity contribution is 5.94. The van der Waals surface area contributed by atoms with Crippen molar-refractivity contribution in [3.05, 3.63) is 47.5 Å². The first kappa shape index (κ1) is 17.1. The Labute approximate surface area is 163 Å². The van der Waals surface area contributed by atoms with Gasteiger partial charge in [-0.05, 0) is 50.5 Å². The summed E-state index contributed by atoms with van der Waals surface area (Å²) in [5, 5.41) is 17.2. The van der Waals surface area contributed by atoms with Gasteiger partial charge in [-0.3, -0.25) is 9.20 Å².